The highest BCUT2D eigenvalue weighted by Gasteiger charge is 2.02. The van der Waals surface area contributed by atoms with Crippen LogP contribution >= 0.6 is 15.9 Å². The number of carbonyl (C=O) groups excluding carboxylic acids is 1. The van der Waals surface area contributed by atoms with Gasteiger partial charge in [-0.3, -0.25) is 0 Å². The largest absolute Gasteiger partial charge is 0.492 e. The van der Waals surface area contributed by atoms with Crippen LogP contribution in [0.2, 0.25) is 0 Å². The van der Waals surface area contributed by atoms with Crippen LogP contribution in [0.25, 0.3) is 0 Å². The van der Waals surface area contributed by atoms with Gasteiger partial charge in [0.15, 0.2) is 0 Å². The smallest absolute Gasteiger partial charge is 0.133 e. The van der Waals surface area contributed by atoms with Crippen molar-refractivity contribution in [2.75, 3.05) is 6.61 Å². The highest BCUT2D eigenvalue weighted by atomic mass is 79.9. The third kappa shape index (κ3) is 4.42. The van der Waals surface area contributed by atoms with Gasteiger partial charge in [-0.25, -0.2) is 4.39 Å². The summed E-state index contributed by atoms with van der Waals surface area (Å²) < 4.78 is 18.7. The Morgan fingerprint density at radius 2 is 2.27 bits per heavy atom. The van der Waals surface area contributed by atoms with Gasteiger partial charge in [0.05, 0.1) is 11.1 Å². The van der Waals surface area contributed by atoms with E-state index >= 15 is 0 Å². The molecule has 0 amide bonds. The molecule has 0 aromatic heterocycles. The molecule has 82 valence electrons. The zero-order chi connectivity index (χ0) is 11.3. The molecule has 15 heavy (non-hydrogen) atoms. The highest BCUT2D eigenvalue weighted by molar-refractivity contribution is 9.10. The lowest BCUT2D eigenvalue weighted by Crippen LogP contribution is -2.00. The molecule has 0 fully saturated rings. The maximum atomic E-state index is 12.7. The fourth-order valence-electron chi connectivity index (χ4n) is 1.10. The molecule has 0 saturated carbocycles. The number of halogens is 2. The summed E-state index contributed by atoms with van der Waals surface area (Å²) in [4.78, 5) is 10.7. The van der Waals surface area contributed by atoms with Gasteiger partial charge >= 0.3 is 0 Å². The zero-order valence-electron chi connectivity index (χ0n) is 8.43. The first kappa shape index (κ1) is 12.2. The van der Waals surface area contributed by atoms with E-state index in [0.717, 1.165) is 0 Å². The SMILES string of the molecule is CC(=O)CCCOc1ccc(F)cc1Br. The molecule has 0 unspecified atom stereocenters. The van der Waals surface area contributed by atoms with Crippen molar-refractivity contribution in [3.8, 4) is 5.75 Å². The summed E-state index contributed by atoms with van der Waals surface area (Å²) in [5.41, 5.74) is 0. The number of benzene rings is 1. The van der Waals surface area contributed by atoms with Gasteiger partial charge in [-0.15, -0.1) is 0 Å². The van der Waals surface area contributed by atoms with Gasteiger partial charge in [-0.2, -0.15) is 0 Å². The Balaban J connectivity index is 2.40. The van der Waals surface area contributed by atoms with Crippen LogP contribution in [0.4, 0.5) is 4.39 Å². The number of hydrogen-bond donors (Lipinski definition) is 0. The van der Waals surface area contributed by atoms with Gasteiger partial charge in [0.2, 0.25) is 0 Å². The fourth-order valence-corrected chi connectivity index (χ4v) is 1.56. The Bertz CT molecular complexity index is 352. The summed E-state index contributed by atoms with van der Waals surface area (Å²) >= 11 is 3.20. The summed E-state index contributed by atoms with van der Waals surface area (Å²) in [6.07, 6.45) is 1.19. The van der Waals surface area contributed by atoms with Gasteiger partial charge in [0.1, 0.15) is 17.3 Å². The Labute approximate surface area is 96.6 Å². The summed E-state index contributed by atoms with van der Waals surface area (Å²) in [7, 11) is 0. The van der Waals surface area contributed by atoms with E-state index < -0.39 is 0 Å². The summed E-state index contributed by atoms with van der Waals surface area (Å²) in [5.74, 6) is 0.440. The van der Waals surface area contributed by atoms with Crippen molar-refractivity contribution in [2.24, 2.45) is 0 Å². The molecule has 0 N–H and O–H groups in total. The molecule has 0 spiro atoms. The number of ether oxygens (including phenoxy) is 1. The minimum atomic E-state index is -0.307. The van der Waals surface area contributed by atoms with Crippen molar-refractivity contribution in [1.29, 1.82) is 0 Å². The second-order valence-electron chi connectivity index (χ2n) is 3.23. The fraction of sp³-hybridized carbons (Fsp3) is 0.364. The zero-order valence-corrected chi connectivity index (χ0v) is 10.0. The lowest BCUT2D eigenvalue weighted by atomic mass is 10.2. The number of rotatable bonds is 5. The molecular formula is C11H12BrFO2. The van der Waals surface area contributed by atoms with Crippen LogP contribution in [0, 0.1) is 5.82 Å². The monoisotopic (exact) mass is 274 g/mol. The molecule has 0 bridgehead atoms. The second-order valence-corrected chi connectivity index (χ2v) is 4.08. The molecule has 0 aliphatic heterocycles. The third-order valence-corrected chi connectivity index (χ3v) is 2.44. The molecular weight excluding hydrogens is 263 g/mol. The predicted octanol–water partition coefficient (Wildman–Crippen LogP) is 3.34. The van der Waals surface area contributed by atoms with Crippen LogP contribution in [-0.4, -0.2) is 12.4 Å². The van der Waals surface area contributed by atoms with E-state index in [1.165, 1.54) is 12.1 Å². The summed E-state index contributed by atoms with van der Waals surface area (Å²) in [6, 6.07) is 4.25. The lowest BCUT2D eigenvalue weighted by Gasteiger charge is -2.07. The van der Waals surface area contributed by atoms with E-state index in [0.29, 0.717) is 29.7 Å². The summed E-state index contributed by atoms with van der Waals surface area (Å²) in [5, 5.41) is 0. The van der Waals surface area contributed by atoms with Crippen LogP contribution in [-0.2, 0) is 4.79 Å². The molecule has 1 rings (SSSR count). The van der Waals surface area contributed by atoms with E-state index in [1.807, 2.05) is 0 Å². The van der Waals surface area contributed by atoms with Crippen molar-refractivity contribution in [3.63, 3.8) is 0 Å². The second kappa shape index (κ2) is 5.85. The van der Waals surface area contributed by atoms with Crippen molar-refractivity contribution in [2.45, 2.75) is 19.8 Å². The third-order valence-electron chi connectivity index (χ3n) is 1.82. The lowest BCUT2D eigenvalue weighted by molar-refractivity contribution is -0.117. The van der Waals surface area contributed by atoms with Gasteiger partial charge in [-0.05, 0) is 47.5 Å². The molecule has 2 nitrogen and oxygen atoms in total. The first-order valence-corrected chi connectivity index (χ1v) is 5.46. The van der Waals surface area contributed by atoms with Crippen LogP contribution in [0.15, 0.2) is 22.7 Å². The topological polar surface area (TPSA) is 26.3 Å². The average Bonchev–Trinajstić information content (AvgIpc) is 2.14. The average molecular weight is 275 g/mol. The Morgan fingerprint density at radius 3 is 2.87 bits per heavy atom. The Hall–Kier alpha value is -0.900. The van der Waals surface area contributed by atoms with E-state index in [9.17, 15) is 9.18 Å². The quantitative estimate of drug-likeness (QED) is 0.770. The minimum absolute atomic E-state index is 0.150. The van der Waals surface area contributed by atoms with E-state index in [-0.39, 0.29) is 11.6 Å². The van der Waals surface area contributed by atoms with Crippen molar-refractivity contribution in [1.82, 2.24) is 0 Å². The molecule has 4 heteroatoms. The normalized spacial score (nSPS) is 10.1. The molecule has 0 radical (unpaired) electrons. The van der Waals surface area contributed by atoms with Crippen LogP contribution < -0.4 is 4.74 Å². The van der Waals surface area contributed by atoms with Crippen molar-refractivity contribution < 1.29 is 13.9 Å². The van der Waals surface area contributed by atoms with Gasteiger partial charge in [0, 0.05) is 6.42 Å². The van der Waals surface area contributed by atoms with E-state index in [1.54, 1.807) is 13.0 Å². The molecule has 1 aromatic carbocycles. The van der Waals surface area contributed by atoms with Crippen molar-refractivity contribution >= 4 is 21.7 Å². The number of carbonyl (C=O) groups is 1. The molecule has 0 heterocycles. The standard InChI is InChI=1S/C11H12BrFO2/c1-8(14)3-2-6-15-11-5-4-9(13)7-10(11)12/h4-5,7H,2-3,6H2,1H3. The van der Waals surface area contributed by atoms with E-state index in [2.05, 4.69) is 15.9 Å². The first-order chi connectivity index (χ1) is 7.09. The predicted molar refractivity (Wildman–Crippen MR) is 59.5 cm³/mol. The molecule has 0 aliphatic rings. The molecule has 0 saturated heterocycles. The Kier molecular flexibility index (Phi) is 4.75. The Morgan fingerprint density at radius 1 is 1.53 bits per heavy atom. The number of Topliss-reactive ketones (excluding diaryl/α,β-unsaturated/α-hetero) is 1. The van der Waals surface area contributed by atoms with Crippen LogP contribution in [0.3, 0.4) is 0 Å². The number of ketones is 1. The minimum Gasteiger partial charge on any atom is -0.492 e. The number of hydrogen-bond acceptors (Lipinski definition) is 2. The van der Waals surface area contributed by atoms with Gasteiger partial charge in [0.25, 0.3) is 0 Å². The van der Waals surface area contributed by atoms with Crippen molar-refractivity contribution in [3.05, 3.63) is 28.5 Å². The molecule has 1 aromatic rings. The van der Waals surface area contributed by atoms with Crippen LogP contribution in [0.1, 0.15) is 19.8 Å². The van der Waals surface area contributed by atoms with Gasteiger partial charge < -0.3 is 9.53 Å². The molecule has 0 atom stereocenters. The highest BCUT2D eigenvalue weighted by Crippen LogP contribution is 2.25. The van der Waals surface area contributed by atoms with Crippen LogP contribution in [0.5, 0.6) is 5.75 Å². The van der Waals surface area contributed by atoms with E-state index in [4.69, 9.17) is 4.74 Å². The molecule has 0 aliphatic carbocycles. The first-order valence-electron chi connectivity index (χ1n) is 4.67. The summed E-state index contributed by atoms with van der Waals surface area (Å²) in [6.45, 7) is 2.01. The maximum absolute atomic E-state index is 12.7. The van der Waals surface area contributed by atoms with Gasteiger partial charge in [-0.1, -0.05) is 0 Å². The maximum Gasteiger partial charge on any atom is 0.133 e.